The largest absolute Gasteiger partial charge is 0.489 e. The summed E-state index contributed by atoms with van der Waals surface area (Å²) in [6.07, 6.45) is 2.66. The molecule has 1 aliphatic heterocycles. The molecule has 1 heterocycles. The first-order valence-electron chi connectivity index (χ1n) is 9.26. The van der Waals surface area contributed by atoms with Crippen molar-refractivity contribution in [2.24, 2.45) is 5.92 Å². The maximum absolute atomic E-state index is 8.97. The molecule has 0 unspecified atom stereocenters. The maximum Gasteiger partial charge on any atom is 0.120 e. The molecule has 2 atom stereocenters. The number of nitrogens with zero attached hydrogens (tertiary/aromatic N) is 1. The Bertz CT molecular complexity index is 754. The lowest BCUT2D eigenvalue weighted by atomic mass is 9.96. The molecule has 0 spiro atoms. The Morgan fingerprint density at radius 2 is 2.04 bits per heavy atom. The van der Waals surface area contributed by atoms with Crippen LogP contribution < -0.4 is 10.1 Å². The Kier molecular flexibility index (Phi) is 6.65. The van der Waals surface area contributed by atoms with E-state index in [1.165, 1.54) is 5.56 Å². The topological polar surface area (TPSA) is 54.3 Å². The van der Waals surface area contributed by atoms with E-state index in [1.54, 1.807) is 6.07 Å². The molecule has 4 nitrogen and oxygen atoms in total. The van der Waals surface area contributed by atoms with Crippen molar-refractivity contribution in [3.05, 3.63) is 65.2 Å². The zero-order valence-electron chi connectivity index (χ0n) is 15.3. The Labute approximate surface area is 155 Å². The van der Waals surface area contributed by atoms with E-state index < -0.39 is 0 Å². The monoisotopic (exact) mass is 350 g/mol. The third kappa shape index (κ3) is 5.59. The molecular weight excluding hydrogens is 324 g/mol. The number of nitriles is 1. The molecule has 0 aliphatic carbocycles. The normalized spacial score (nSPS) is 19.7. The van der Waals surface area contributed by atoms with E-state index >= 15 is 0 Å². The molecule has 0 aromatic heterocycles. The summed E-state index contributed by atoms with van der Waals surface area (Å²) in [5, 5.41) is 12.5. The number of hydrogen-bond acceptors (Lipinski definition) is 4. The van der Waals surface area contributed by atoms with Crippen molar-refractivity contribution >= 4 is 0 Å². The fraction of sp³-hybridized carbons (Fsp3) is 0.409. The number of nitrogens with one attached hydrogen (secondary N) is 1. The lowest BCUT2D eigenvalue weighted by Crippen LogP contribution is -2.30. The number of rotatable bonds is 7. The minimum atomic E-state index is 0.381. The van der Waals surface area contributed by atoms with E-state index in [2.05, 4.69) is 30.4 Å². The van der Waals surface area contributed by atoms with E-state index in [9.17, 15) is 0 Å². The smallest absolute Gasteiger partial charge is 0.120 e. The van der Waals surface area contributed by atoms with Crippen molar-refractivity contribution in [2.45, 2.75) is 39.0 Å². The first-order chi connectivity index (χ1) is 12.7. The molecule has 0 saturated carbocycles. The number of ether oxygens (including phenoxy) is 2. The quantitative estimate of drug-likeness (QED) is 0.819. The second-order valence-electron chi connectivity index (χ2n) is 6.95. The van der Waals surface area contributed by atoms with Crippen LogP contribution in [-0.2, 0) is 17.9 Å². The second-order valence-corrected chi connectivity index (χ2v) is 6.95. The van der Waals surface area contributed by atoms with Gasteiger partial charge >= 0.3 is 0 Å². The van der Waals surface area contributed by atoms with Crippen LogP contribution in [0.3, 0.4) is 0 Å². The minimum Gasteiger partial charge on any atom is -0.489 e. The van der Waals surface area contributed by atoms with Crippen LogP contribution in [0.4, 0.5) is 0 Å². The van der Waals surface area contributed by atoms with Crippen LogP contribution in [0.1, 0.15) is 36.5 Å². The van der Waals surface area contributed by atoms with Gasteiger partial charge in [0.2, 0.25) is 0 Å². The van der Waals surface area contributed by atoms with E-state index in [1.807, 2.05) is 30.3 Å². The Balaban J connectivity index is 1.47. The van der Waals surface area contributed by atoms with Gasteiger partial charge in [-0.15, -0.1) is 0 Å². The molecular formula is C22H26N2O2. The summed E-state index contributed by atoms with van der Waals surface area (Å²) < 4.78 is 11.5. The average molecular weight is 350 g/mol. The van der Waals surface area contributed by atoms with Gasteiger partial charge in [0.25, 0.3) is 0 Å². The molecule has 26 heavy (non-hydrogen) atoms. The van der Waals surface area contributed by atoms with Gasteiger partial charge in [-0.3, -0.25) is 0 Å². The van der Waals surface area contributed by atoms with E-state index in [4.69, 9.17) is 14.7 Å². The molecule has 2 aromatic rings. The molecule has 1 N–H and O–H groups in total. The highest BCUT2D eigenvalue weighted by molar-refractivity contribution is 5.33. The molecule has 4 heteroatoms. The van der Waals surface area contributed by atoms with Crippen molar-refractivity contribution in [2.75, 3.05) is 13.2 Å². The molecule has 3 rings (SSSR count). The highest BCUT2D eigenvalue weighted by atomic mass is 16.5. The van der Waals surface area contributed by atoms with Gasteiger partial charge in [-0.25, -0.2) is 0 Å². The Morgan fingerprint density at radius 1 is 1.19 bits per heavy atom. The fourth-order valence-corrected chi connectivity index (χ4v) is 3.34. The van der Waals surface area contributed by atoms with Gasteiger partial charge in [-0.05, 0) is 67.6 Å². The molecule has 136 valence electrons. The Morgan fingerprint density at radius 3 is 2.88 bits per heavy atom. The zero-order chi connectivity index (χ0) is 18.2. The Hall–Kier alpha value is -2.35. The van der Waals surface area contributed by atoms with Crippen LogP contribution in [-0.4, -0.2) is 19.3 Å². The zero-order valence-corrected chi connectivity index (χ0v) is 15.3. The summed E-state index contributed by atoms with van der Waals surface area (Å²) in [5.74, 6) is 1.55. The van der Waals surface area contributed by atoms with Crippen molar-refractivity contribution in [1.82, 2.24) is 5.32 Å². The van der Waals surface area contributed by atoms with Crippen molar-refractivity contribution < 1.29 is 9.47 Å². The van der Waals surface area contributed by atoms with Gasteiger partial charge < -0.3 is 14.8 Å². The van der Waals surface area contributed by atoms with Crippen molar-refractivity contribution in [3.8, 4) is 11.8 Å². The summed E-state index contributed by atoms with van der Waals surface area (Å²) in [6, 6.07) is 17.9. The van der Waals surface area contributed by atoms with Gasteiger partial charge in [0, 0.05) is 13.2 Å². The van der Waals surface area contributed by atoms with Crippen LogP contribution in [0.5, 0.6) is 5.75 Å². The third-order valence-corrected chi connectivity index (χ3v) is 4.72. The van der Waals surface area contributed by atoms with Gasteiger partial charge in [0.15, 0.2) is 0 Å². The summed E-state index contributed by atoms with van der Waals surface area (Å²) >= 11 is 0. The first kappa shape index (κ1) is 18.4. The van der Waals surface area contributed by atoms with Crippen molar-refractivity contribution in [1.29, 1.82) is 5.26 Å². The molecule has 2 aromatic carbocycles. The summed E-state index contributed by atoms with van der Waals surface area (Å²) in [6.45, 7) is 5.36. The maximum atomic E-state index is 8.97. The molecule has 1 fully saturated rings. The van der Waals surface area contributed by atoms with Crippen molar-refractivity contribution in [3.63, 3.8) is 0 Å². The summed E-state index contributed by atoms with van der Waals surface area (Å²) in [7, 11) is 0. The van der Waals surface area contributed by atoms with Crippen LogP contribution >= 0.6 is 0 Å². The molecule has 1 saturated heterocycles. The predicted octanol–water partition coefficient (Wildman–Crippen LogP) is 4.04. The highest BCUT2D eigenvalue weighted by Gasteiger charge is 2.18. The SMILES string of the molecule is C[C@@H]1C[C@H](CNCc2cccc(OCc3cccc(C#N)c3)c2)CCO1. The highest BCUT2D eigenvalue weighted by Crippen LogP contribution is 2.20. The molecule has 0 bridgehead atoms. The number of benzene rings is 2. The van der Waals surface area contributed by atoms with E-state index in [0.29, 0.717) is 24.2 Å². The second kappa shape index (κ2) is 9.38. The number of hydrogen-bond donors (Lipinski definition) is 1. The molecule has 0 amide bonds. The fourth-order valence-electron chi connectivity index (χ4n) is 3.34. The molecule has 0 radical (unpaired) electrons. The van der Waals surface area contributed by atoms with Crippen LogP contribution in [0.2, 0.25) is 0 Å². The third-order valence-electron chi connectivity index (χ3n) is 4.72. The van der Waals surface area contributed by atoms with Gasteiger partial charge in [0.1, 0.15) is 12.4 Å². The van der Waals surface area contributed by atoms with E-state index in [0.717, 1.165) is 43.9 Å². The van der Waals surface area contributed by atoms with Crippen LogP contribution in [0.15, 0.2) is 48.5 Å². The lowest BCUT2D eigenvalue weighted by Gasteiger charge is -2.27. The first-order valence-corrected chi connectivity index (χ1v) is 9.26. The summed E-state index contributed by atoms with van der Waals surface area (Å²) in [5.41, 5.74) is 2.88. The van der Waals surface area contributed by atoms with Gasteiger partial charge in [0.05, 0.1) is 17.7 Å². The van der Waals surface area contributed by atoms with Gasteiger partial charge in [-0.2, -0.15) is 5.26 Å². The van der Waals surface area contributed by atoms with Gasteiger partial charge in [-0.1, -0.05) is 24.3 Å². The van der Waals surface area contributed by atoms with E-state index in [-0.39, 0.29) is 0 Å². The minimum absolute atomic E-state index is 0.381. The lowest BCUT2D eigenvalue weighted by molar-refractivity contribution is 0.00289. The summed E-state index contributed by atoms with van der Waals surface area (Å²) in [4.78, 5) is 0. The average Bonchev–Trinajstić information content (AvgIpc) is 2.67. The van der Waals surface area contributed by atoms with Crippen LogP contribution in [0.25, 0.3) is 0 Å². The van der Waals surface area contributed by atoms with Crippen LogP contribution in [0, 0.1) is 17.2 Å². The molecule has 1 aliphatic rings. The standard InChI is InChI=1S/C22H26N2O2/c1-17-10-20(8-9-25-17)15-24-14-19-5-3-7-22(12-19)26-16-21-6-2-4-18(11-21)13-23/h2-7,11-12,17,20,24H,8-10,14-16H2,1H3/t17-,20-/m1/s1. The predicted molar refractivity (Wildman–Crippen MR) is 102 cm³/mol.